The number of nitrogens with two attached hydrogens (primary N) is 1. The number of amidine groups is 1. The number of unbranched alkanes of at least 4 members (excludes halogenated alkanes) is 1. The number of carbonyl (C=O) groups excluding carboxylic acids is 2. The van der Waals surface area contributed by atoms with E-state index in [-0.39, 0.29) is 17.1 Å². The maximum absolute atomic E-state index is 13.6. The number of nitrogen functional groups attached to an aromatic ring is 1. The zero-order valence-corrected chi connectivity index (χ0v) is 26.3. The molecule has 0 aromatic heterocycles. The monoisotopic (exact) mass is 588 g/mol. The van der Waals surface area contributed by atoms with Gasteiger partial charge in [-0.3, -0.25) is 0 Å². The SMILES string of the molecule is CCC/C=C(Cl)/N=C(/C=C(\C)N1CCN(C(=O)OC(C)(C)C)CC1)N(C(=O)OC(C)(C)C)c1ccc(N)c(C=N)c1. The number of carbonyl (C=O) groups is 2. The third-order valence-corrected chi connectivity index (χ3v) is 6.12. The Kier molecular flexibility index (Phi) is 11.8. The van der Waals surface area contributed by atoms with Gasteiger partial charge in [-0.2, -0.15) is 0 Å². The maximum atomic E-state index is 13.6. The predicted molar refractivity (Wildman–Crippen MR) is 167 cm³/mol. The summed E-state index contributed by atoms with van der Waals surface area (Å²) in [5.41, 5.74) is 6.78. The Morgan fingerprint density at radius 3 is 2.20 bits per heavy atom. The van der Waals surface area contributed by atoms with Crippen LogP contribution < -0.4 is 10.6 Å². The highest BCUT2D eigenvalue weighted by molar-refractivity contribution is 6.31. The van der Waals surface area contributed by atoms with Crippen LogP contribution in [0, 0.1) is 5.41 Å². The molecule has 1 aliphatic heterocycles. The van der Waals surface area contributed by atoms with E-state index < -0.39 is 17.3 Å². The Morgan fingerprint density at radius 2 is 1.66 bits per heavy atom. The summed E-state index contributed by atoms with van der Waals surface area (Å²) >= 11 is 6.52. The number of benzene rings is 1. The van der Waals surface area contributed by atoms with Crippen LogP contribution in [-0.4, -0.2) is 71.4 Å². The second kappa shape index (κ2) is 14.4. The van der Waals surface area contributed by atoms with E-state index in [1.807, 2.05) is 34.6 Å². The largest absolute Gasteiger partial charge is 0.444 e. The van der Waals surface area contributed by atoms with Crippen molar-refractivity contribution in [2.75, 3.05) is 36.8 Å². The van der Waals surface area contributed by atoms with Gasteiger partial charge < -0.3 is 30.4 Å². The lowest BCUT2D eigenvalue weighted by Crippen LogP contribution is -2.49. The summed E-state index contributed by atoms with van der Waals surface area (Å²) in [5, 5.41) is 7.99. The molecule has 0 atom stereocenters. The Bertz CT molecular complexity index is 1190. The summed E-state index contributed by atoms with van der Waals surface area (Å²) in [4.78, 5) is 35.9. The molecule has 0 unspecified atom stereocenters. The van der Waals surface area contributed by atoms with E-state index in [0.29, 0.717) is 43.1 Å². The molecule has 226 valence electrons. The van der Waals surface area contributed by atoms with Crippen LogP contribution in [0.25, 0.3) is 0 Å². The molecule has 2 rings (SSSR count). The fraction of sp³-hybridized carbons (Fsp3) is 0.533. The molecule has 3 N–H and O–H groups in total. The van der Waals surface area contributed by atoms with Crippen molar-refractivity contribution in [3.8, 4) is 0 Å². The topological polar surface area (TPSA) is 125 Å². The molecule has 0 bridgehead atoms. The molecule has 1 aliphatic rings. The van der Waals surface area contributed by atoms with Crippen LogP contribution in [0.5, 0.6) is 0 Å². The van der Waals surface area contributed by atoms with E-state index in [0.717, 1.165) is 24.8 Å². The number of nitrogens with zero attached hydrogens (tertiary/aromatic N) is 4. The first-order valence-electron chi connectivity index (χ1n) is 13.8. The summed E-state index contributed by atoms with van der Waals surface area (Å²) in [6, 6.07) is 4.94. The molecule has 1 heterocycles. The number of allylic oxidation sites excluding steroid dienone is 2. The van der Waals surface area contributed by atoms with Crippen molar-refractivity contribution in [1.82, 2.24) is 9.80 Å². The number of aliphatic imine (C=N–C) groups is 1. The number of rotatable bonds is 7. The van der Waals surface area contributed by atoms with Gasteiger partial charge in [0, 0.05) is 55.4 Å². The van der Waals surface area contributed by atoms with Gasteiger partial charge in [-0.25, -0.2) is 19.5 Å². The zero-order valence-electron chi connectivity index (χ0n) is 25.6. The van der Waals surface area contributed by atoms with Crippen LogP contribution in [0.1, 0.15) is 73.8 Å². The first-order chi connectivity index (χ1) is 19.0. The Balaban J connectivity index is 2.52. The molecule has 1 saturated heterocycles. The average Bonchev–Trinajstić information content (AvgIpc) is 2.86. The van der Waals surface area contributed by atoms with Gasteiger partial charge in [0.15, 0.2) is 0 Å². The van der Waals surface area contributed by atoms with Crippen LogP contribution in [-0.2, 0) is 9.47 Å². The summed E-state index contributed by atoms with van der Waals surface area (Å²) in [6.45, 7) is 16.9. The van der Waals surface area contributed by atoms with Crippen molar-refractivity contribution < 1.29 is 19.1 Å². The molecule has 1 aromatic carbocycles. The average molecular weight is 589 g/mol. The third kappa shape index (κ3) is 10.8. The minimum absolute atomic E-state index is 0.233. The molecule has 1 aromatic rings. The van der Waals surface area contributed by atoms with Crippen molar-refractivity contribution in [2.45, 2.75) is 79.4 Å². The van der Waals surface area contributed by atoms with Gasteiger partial charge in [-0.15, -0.1) is 0 Å². The Morgan fingerprint density at radius 1 is 1.07 bits per heavy atom. The molecule has 10 nitrogen and oxygen atoms in total. The molecule has 0 saturated carbocycles. The minimum Gasteiger partial charge on any atom is -0.444 e. The Labute approximate surface area is 249 Å². The van der Waals surface area contributed by atoms with E-state index >= 15 is 0 Å². The molecule has 0 spiro atoms. The predicted octanol–water partition coefficient (Wildman–Crippen LogP) is 6.74. The number of nitrogens with one attached hydrogen (secondary N) is 1. The molecule has 11 heteroatoms. The number of hydrogen-bond donors (Lipinski definition) is 2. The minimum atomic E-state index is -0.781. The van der Waals surface area contributed by atoms with Crippen LogP contribution in [0.3, 0.4) is 0 Å². The second-order valence-corrected chi connectivity index (χ2v) is 12.2. The Hall–Kier alpha value is -3.53. The van der Waals surface area contributed by atoms with E-state index in [1.165, 1.54) is 4.90 Å². The lowest BCUT2D eigenvalue weighted by molar-refractivity contribution is 0.0168. The quantitative estimate of drug-likeness (QED) is 0.157. The van der Waals surface area contributed by atoms with Gasteiger partial charge in [0.05, 0.1) is 5.69 Å². The van der Waals surface area contributed by atoms with Crippen molar-refractivity contribution in [3.63, 3.8) is 0 Å². The van der Waals surface area contributed by atoms with E-state index in [2.05, 4.69) is 9.89 Å². The van der Waals surface area contributed by atoms with E-state index in [9.17, 15) is 9.59 Å². The number of ether oxygens (including phenoxy) is 2. The van der Waals surface area contributed by atoms with Crippen LogP contribution in [0.2, 0.25) is 0 Å². The summed E-state index contributed by atoms with van der Waals surface area (Å²) in [5.74, 6) is 0.240. The lowest BCUT2D eigenvalue weighted by atomic mass is 10.1. The molecular weight excluding hydrogens is 544 g/mol. The van der Waals surface area contributed by atoms with Crippen molar-refractivity contribution >= 4 is 47.2 Å². The van der Waals surface area contributed by atoms with Crippen molar-refractivity contribution in [3.05, 3.63) is 46.8 Å². The third-order valence-electron chi connectivity index (χ3n) is 5.88. The fourth-order valence-corrected chi connectivity index (χ4v) is 4.07. The van der Waals surface area contributed by atoms with Gasteiger partial charge in [0.1, 0.15) is 22.2 Å². The summed E-state index contributed by atoms with van der Waals surface area (Å²) < 4.78 is 11.3. The smallest absolute Gasteiger partial charge is 0.420 e. The highest BCUT2D eigenvalue weighted by atomic mass is 35.5. The van der Waals surface area contributed by atoms with Crippen LogP contribution in [0.4, 0.5) is 21.0 Å². The van der Waals surface area contributed by atoms with Gasteiger partial charge in [-0.1, -0.05) is 24.9 Å². The van der Waals surface area contributed by atoms with Crippen LogP contribution in [0.15, 0.2) is 46.2 Å². The lowest BCUT2D eigenvalue weighted by Gasteiger charge is -2.37. The summed E-state index contributed by atoms with van der Waals surface area (Å²) in [7, 11) is 0. The van der Waals surface area contributed by atoms with Gasteiger partial charge in [0.25, 0.3) is 0 Å². The van der Waals surface area contributed by atoms with Crippen LogP contribution >= 0.6 is 11.6 Å². The molecular formula is C30H45ClN6O4. The van der Waals surface area contributed by atoms with Gasteiger partial charge in [0.2, 0.25) is 0 Å². The number of hydrogen-bond acceptors (Lipinski definition) is 8. The molecule has 0 aliphatic carbocycles. The number of piperazine rings is 1. The normalized spacial score (nSPS) is 15.5. The highest BCUT2D eigenvalue weighted by Crippen LogP contribution is 2.25. The zero-order chi connectivity index (χ0) is 31.0. The van der Waals surface area contributed by atoms with E-state index in [4.69, 9.17) is 32.2 Å². The van der Waals surface area contributed by atoms with Crippen molar-refractivity contribution in [1.29, 1.82) is 5.41 Å². The van der Waals surface area contributed by atoms with Crippen molar-refractivity contribution in [2.24, 2.45) is 4.99 Å². The van der Waals surface area contributed by atoms with E-state index in [1.54, 1.807) is 56.0 Å². The first-order valence-corrected chi connectivity index (χ1v) is 14.2. The fourth-order valence-electron chi connectivity index (χ4n) is 3.88. The van der Waals surface area contributed by atoms with Gasteiger partial charge >= 0.3 is 12.2 Å². The molecule has 1 fully saturated rings. The highest BCUT2D eigenvalue weighted by Gasteiger charge is 2.29. The second-order valence-electron chi connectivity index (χ2n) is 11.8. The first kappa shape index (κ1) is 33.7. The number of halogens is 1. The summed E-state index contributed by atoms with van der Waals surface area (Å²) in [6.07, 6.45) is 5.30. The molecule has 0 radical (unpaired) electrons. The molecule has 2 amide bonds. The van der Waals surface area contributed by atoms with Gasteiger partial charge in [-0.05, 0) is 79.2 Å². The standard InChI is InChI=1S/C30H45ClN6O4/c1-9-10-11-25(31)34-26(18-21(2)35-14-16-36(17-15-35)27(38)40-29(3,4)5)37(28(39)41-30(6,7)8)23-12-13-24(33)22(19-23)20-32/h11-13,18-20,32H,9-10,14-17,33H2,1-8H3/b21-18+,25-11+,32-20?,34-26-. The maximum Gasteiger partial charge on any atom is 0.420 e. The number of amides is 2. The number of anilines is 2. The molecule has 41 heavy (non-hydrogen) atoms.